The van der Waals surface area contributed by atoms with E-state index in [9.17, 15) is 0 Å². The van der Waals surface area contributed by atoms with Gasteiger partial charge < -0.3 is 15.6 Å². The zero-order valence-corrected chi connectivity index (χ0v) is 10.9. The molecule has 2 aromatic rings. The topological polar surface area (TPSA) is 65.6 Å². The highest BCUT2D eigenvalue weighted by Gasteiger charge is 2.13. The lowest BCUT2D eigenvalue weighted by molar-refractivity contribution is 0.548. The van der Waals surface area contributed by atoms with Crippen molar-refractivity contribution in [2.75, 3.05) is 25.0 Å². The highest BCUT2D eigenvalue weighted by Crippen LogP contribution is 2.17. The molecule has 2 aromatic heterocycles. The van der Waals surface area contributed by atoms with E-state index in [0.717, 1.165) is 36.7 Å². The number of aromatic nitrogens is 3. The first-order chi connectivity index (χ1) is 9.42. The maximum Gasteiger partial charge on any atom is 0.222 e. The van der Waals surface area contributed by atoms with Gasteiger partial charge in [0.2, 0.25) is 5.95 Å². The molecule has 1 aliphatic heterocycles. The molecule has 3 heterocycles. The molecule has 100 valence electrons. The largest absolute Gasteiger partial charge is 0.367 e. The Labute approximate surface area is 112 Å². The summed E-state index contributed by atoms with van der Waals surface area (Å²) in [5.41, 5.74) is 2.15. The van der Waals surface area contributed by atoms with Crippen molar-refractivity contribution in [3.05, 3.63) is 30.9 Å². The summed E-state index contributed by atoms with van der Waals surface area (Å²) >= 11 is 0. The van der Waals surface area contributed by atoms with Crippen LogP contribution in [0.5, 0.6) is 0 Å². The van der Waals surface area contributed by atoms with Gasteiger partial charge in [0.05, 0.1) is 0 Å². The van der Waals surface area contributed by atoms with Gasteiger partial charge in [-0.1, -0.05) is 0 Å². The normalized spacial score (nSPS) is 18.6. The summed E-state index contributed by atoms with van der Waals surface area (Å²) in [7, 11) is 0. The van der Waals surface area contributed by atoms with E-state index in [-0.39, 0.29) is 0 Å². The molecule has 5 heteroatoms. The molecule has 0 bridgehead atoms. The van der Waals surface area contributed by atoms with Crippen molar-refractivity contribution in [3.8, 4) is 11.1 Å². The Morgan fingerprint density at radius 1 is 1.26 bits per heavy atom. The molecule has 5 nitrogen and oxygen atoms in total. The molecule has 0 aromatic carbocycles. The molecule has 3 rings (SSSR count). The number of hydrogen-bond acceptors (Lipinski definition) is 4. The van der Waals surface area contributed by atoms with Crippen LogP contribution < -0.4 is 10.6 Å². The maximum atomic E-state index is 4.35. The Hall–Kier alpha value is -1.88. The van der Waals surface area contributed by atoms with E-state index in [2.05, 4.69) is 25.6 Å². The summed E-state index contributed by atoms with van der Waals surface area (Å²) in [5.74, 6) is 1.51. The molecule has 0 aliphatic carbocycles. The molecule has 0 radical (unpaired) electrons. The fraction of sp³-hybridized carbons (Fsp3) is 0.429. The minimum atomic E-state index is 0.713. The van der Waals surface area contributed by atoms with Crippen LogP contribution >= 0.6 is 0 Å². The fourth-order valence-electron chi connectivity index (χ4n) is 2.42. The molecular formula is C14H19N5. The van der Waals surface area contributed by atoms with Crippen molar-refractivity contribution in [3.63, 3.8) is 0 Å². The highest BCUT2D eigenvalue weighted by molar-refractivity contribution is 5.60. The second kappa shape index (κ2) is 5.84. The molecule has 1 fully saturated rings. The summed E-state index contributed by atoms with van der Waals surface area (Å²) < 4.78 is 0. The SMILES string of the molecule is c1cc(-c2cnc(NCCC3CCNC3)nc2)c[nH]1. The van der Waals surface area contributed by atoms with Crippen molar-refractivity contribution < 1.29 is 0 Å². The van der Waals surface area contributed by atoms with E-state index in [1.54, 1.807) is 0 Å². The third-order valence-corrected chi connectivity index (χ3v) is 3.58. The maximum absolute atomic E-state index is 4.35. The predicted molar refractivity (Wildman–Crippen MR) is 75.9 cm³/mol. The summed E-state index contributed by atoms with van der Waals surface area (Å²) in [6.07, 6.45) is 10.0. The smallest absolute Gasteiger partial charge is 0.222 e. The number of hydrogen-bond donors (Lipinski definition) is 3. The minimum Gasteiger partial charge on any atom is -0.367 e. The van der Waals surface area contributed by atoms with Gasteiger partial charge in [0.1, 0.15) is 0 Å². The number of anilines is 1. The highest BCUT2D eigenvalue weighted by atomic mass is 15.1. The second-order valence-corrected chi connectivity index (χ2v) is 4.97. The number of nitrogens with zero attached hydrogens (tertiary/aromatic N) is 2. The third-order valence-electron chi connectivity index (χ3n) is 3.58. The van der Waals surface area contributed by atoms with Gasteiger partial charge in [-0.15, -0.1) is 0 Å². The third kappa shape index (κ3) is 3.12. The quantitative estimate of drug-likeness (QED) is 0.765. The predicted octanol–water partition coefficient (Wildman–Crippen LogP) is 1.88. The van der Waals surface area contributed by atoms with E-state index in [4.69, 9.17) is 0 Å². The van der Waals surface area contributed by atoms with Gasteiger partial charge in [0.15, 0.2) is 0 Å². The summed E-state index contributed by atoms with van der Waals surface area (Å²) in [5, 5.41) is 6.67. The monoisotopic (exact) mass is 257 g/mol. The van der Waals surface area contributed by atoms with E-state index in [0.29, 0.717) is 5.95 Å². The van der Waals surface area contributed by atoms with Crippen molar-refractivity contribution in [2.24, 2.45) is 5.92 Å². The Morgan fingerprint density at radius 3 is 2.84 bits per heavy atom. The summed E-state index contributed by atoms with van der Waals surface area (Å²) in [4.78, 5) is 11.7. The molecule has 19 heavy (non-hydrogen) atoms. The minimum absolute atomic E-state index is 0.713. The first kappa shape index (κ1) is 12.2. The fourth-order valence-corrected chi connectivity index (χ4v) is 2.42. The molecule has 0 amide bonds. The Morgan fingerprint density at radius 2 is 2.16 bits per heavy atom. The van der Waals surface area contributed by atoms with Crippen LogP contribution in [-0.4, -0.2) is 34.6 Å². The van der Waals surface area contributed by atoms with Crippen molar-refractivity contribution in [1.29, 1.82) is 0 Å². The Balaban J connectivity index is 1.51. The van der Waals surface area contributed by atoms with Gasteiger partial charge in [0.25, 0.3) is 0 Å². The molecule has 3 N–H and O–H groups in total. The number of H-pyrrole nitrogens is 1. The van der Waals surface area contributed by atoms with Crippen molar-refractivity contribution in [1.82, 2.24) is 20.3 Å². The van der Waals surface area contributed by atoms with Crippen LogP contribution in [0.2, 0.25) is 0 Å². The average Bonchev–Trinajstić information content (AvgIpc) is 3.13. The molecular weight excluding hydrogens is 238 g/mol. The van der Waals surface area contributed by atoms with Crippen LogP contribution in [0.4, 0.5) is 5.95 Å². The first-order valence-electron chi connectivity index (χ1n) is 6.81. The Bertz CT molecular complexity index is 485. The standard InChI is InChI=1S/C14H19N5/c1-4-15-7-11(1)2-6-17-14-18-9-13(10-19-14)12-3-5-16-8-12/h3,5,8-11,15-16H,1-2,4,6-7H2,(H,17,18,19). The molecule has 0 spiro atoms. The van der Waals surface area contributed by atoms with E-state index >= 15 is 0 Å². The lowest BCUT2D eigenvalue weighted by Gasteiger charge is -2.09. The van der Waals surface area contributed by atoms with E-state index in [1.807, 2.05) is 30.9 Å². The van der Waals surface area contributed by atoms with Crippen molar-refractivity contribution in [2.45, 2.75) is 12.8 Å². The zero-order valence-electron chi connectivity index (χ0n) is 10.9. The number of aromatic amines is 1. The van der Waals surface area contributed by atoms with Gasteiger partial charge >= 0.3 is 0 Å². The number of rotatable bonds is 5. The van der Waals surface area contributed by atoms with Crippen LogP contribution in [0.25, 0.3) is 11.1 Å². The lowest BCUT2D eigenvalue weighted by Crippen LogP contribution is -2.13. The van der Waals surface area contributed by atoms with Gasteiger partial charge in [0, 0.05) is 42.5 Å². The van der Waals surface area contributed by atoms with Gasteiger partial charge in [-0.3, -0.25) is 0 Å². The van der Waals surface area contributed by atoms with E-state index in [1.165, 1.54) is 12.8 Å². The Kier molecular flexibility index (Phi) is 3.74. The average molecular weight is 257 g/mol. The van der Waals surface area contributed by atoms with Gasteiger partial charge in [-0.25, -0.2) is 9.97 Å². The van der Waals surface area contributed by atoms with Crippen LogP contribution in [0.1, 0.15) is 12.8 Å². The number of nitrogens with one attached hydrogen (secondary N) is 3. The van der Waals surface area contributed by atoms with Crippen molar-refractivity contribution >= 4 is 5.95 Å². The van der Waals surface area contributed by atoms with Gasteiger partial charge in [-0.05, 0) is 37.9 Å². The molecule has 0 saturated carbocycles. The molecule has 1 saturated heterocycles. The van der Waals surface area contributed by atoms with Crippen LogP contribution in [0.15, 0.2) is 30.9 Å². The van der Waals surface area contributed by atoms with Crippen LogP contribution in [0.3, 0.4) is 0 Å². The second-order valence-electron chi connectivity index (χ2n) is 4.97. The molecule has 1 atom stereocenters. The lowest BCUT2D eigenvalue weighted by atomic mass is 10.1. The zero-order chi connectivity index (χ0) is 12.9. The van der Waals surface area contributed by atoms with Gasteiger partial charge in [-0.2, -0.15) is 0 Å². The van der Waals surface area contributed by atoms with E-state index < -0.39 is 0 Å². The summed E-state index contributed by atoms with van der Waals surface area (Å²) in [6.45, 7) is 3.25. The molecule has 1 aliphatic rings. The summed E-state index contributed by atoms with van der Waals surface area (Å²) in [6, 6.07) is 2.01. The van der Waals surface area contributed by atoms with Crippen LogP contribution in [0, 0.1) is 5.92 Å². The first-order valence-corrected chi connectivity index (χ1v) is 6.81. The van der Waals surface area contributed by atoms with Crippen LogP contribution in [-0.2, 0) is 0 Å². The molecule has 1 unspecified atom stereocenters.